The first kappa shape index (κ1) is 19.2. The largest absolute Gasteiger partial charge is 0.497 e. The molecule has 29 heavy (non-hydrogen) atoms. The van der Waals surface area contributed by atoms with E-state index in [9.17, 15) is 4.79 Å². The topological polar surface area (TPSA) is 97.1 Å². The van der Waals surface area contributed by atoms with Crippen LogP contribution in [0.2, 0.25) is 0 Å². The number of fused-ring (bicyclic) bond motifs is 1. The molecule has 1 amide bonds. The van der Waals surface area contributed by atoms with Gasteiger partial charge in [-0.1, -0.05) is 31.1 Å². The number of nitrogens with zero attached hydrogens (tertiary/aromatic N) is 4. The molecule has 0 saturated heterocycles. The molecule has 3 heterocycles. The highest BCUT2D eigenvalue weighted by Gasteiger charge is 2.34. The van der Waals surface area contributed by atoms with E-state index < -0.39 is 0 Å². The van der Waals surface area contributed by atoms with Crippen LogP contribution in [0.1, 0.15) is 60.9 Å². The average molecular weight is 395 g/mol. The molecule has 1 aliphatic rings. The van der Waals surface area contributed by atoms with Gasteiger partial charge in [-0.15, -0.1) is 0 Å². The number of aromatic amines is 1. The number of ether oxygens (including phenoxy) is 1. The molecule has 3 aromatic rings. The first-order valence-corrected chi connectivity index (χ1v) is 9.85. The van der Waals surface area contributed by atoms with Crippen molar-refractivity contribution in [1.82, 2.24) is 25.0 Å². The summed E-state index contributed by atoms with van der Waals surface area (Å²) in [6.07, 6.45) is 3.19. The summed E-state index contributed by atoms with van der Waals surface area (Å²) in [7, 11) is 1.64. The molecule has 4 rings (SSSR count). The van der Waals surface area contributed by atoms with Crippen molar-refractivity contribution in [2.45, 2.75) is 45.1 Å². The zero-order valence-electron chi connectivity index (χ0n) is 16.9. The predicted octanol–water partition coefficient (Wildman–Crippen LogP) is 3.03. The predicted molar refractivity (Wildman–Crippen MR) is 106 cm³/mol. The Hall–Kier alpha value is -3.16. The molecule has 2 aromatic heterocycles. The molecule has 0 unspecified atom stereocenters. The van der Waals surface area contributed by atoms with Crippen LogP contribution in [0.15, 0.2) is 35.1 Å². The van der Waals surface area contributed by atoms with Crippen molar-refractivity contribution in [3.8, 4) is 5.75 Å². The number of methoxy groups -OCH3 is 1. The Morgan fingerprint density at radius 3 is 2.83 bits per heavy atom. The Morgan fingerprint density at radius 1 is 1.34 bits per heavy atom. The SMILES string of the molecule is COc1ccc([C@@H]2c3nc[nH]c3CCN2C(=O)CCc2nc(C(C)C)no2)cc1. The van der Waals surface area contributed by atoms with Gasteiger partial charge in [-0.3, -0.25) is 4.79 Å². The van der Waals surface area contributed by atoms with Crippen LogP contribution in [0.4, 0.5) is 0 Å². The monoisotopic (exact) mass is 395 g/mol. The van der Waals surface area contributed by atoms with Crippen molar-refractivity contribution in [1.29, 1.82) is 0 Å². The van der Waals surface area contributed by atoms with Crippen LogP contribution in [-0.2, 0) is 17.6 Å². The number of hydrogen-bond acceptors (Lipinski definition) is 6. The third kappa shape index (κ3) is 3.87. The van der Waals surface area contributed by atoms with Crippen LogP contribution in [0, 0.1) is 0 Å². The lowest BCUT2D eigenvalue weighted by Crippen LogP contribution is -2.40. The zero-order chi connectivity index (χ0) is 20.4. The molecule has 1 N–H and O–H groups in total. The number of imidazole rings is 1. The highest BCUT2D eigenvalue weighted by atomic mass is 16.5. The van der Waals surface area contributed by atoms with Crippen LogP contribution in [0.3, 0.4) is 0 Å². The lowest BCUT2D eigenvalue weighted by Gasteiger charge is -2.35. The van der Waals surface area contributed by atoms with Gasteiger partial charge in [-0.05, 0) is 17.7 Å². The van der Waals surface area contributed by atoms with Crippen molar-refractivity contribution in [3.05, 3.63) is 59.3 Å². The summed E-state index contributed by atoms with van der Waals surface area (Å²) < 4.78 is 10.5. The fourth-order valence-electron chi connectivity index (χ4n) is 3.63. The molecule has 8 nitrogen and oxygen atoms in total. The summed E-state index contributed by atoms with van der Waals surface area (Å²) in [4.78, 5) is 27.1. The molecule has 0 bridgehead atoms. The molecular formula is C21H25N5O3. The molecule has 0 radical (unpaired) electrons. The highest BCUT2D eigenvalue weighted by Crippen LogP contribution is 2.34. The van der Waals surface area contributed by atoms with E-state index in [0.717, 1.165) is 29.1 Å². The summed E-state index contributed by atoms with van der Waals surface area (Å²) in [5, 5.41) is 3.97. The van der Waals surface area contributed by atoms with Crippen LogP contribution in [0.5, 0.6) is 5.75 Å². The van der Waals surface area contributed by atoms with E-state index in [4.69, 9.17) is 9.26 Å². The Morgan fingerprint density at radius 2 is 2.14 bits per heavy atom. The van der Waals surface area contributed by atoms with Crippen LogP contribution in [-0.4, -0.2) is 44.6 Å². The van der Waals surface area contributed by atoms with E-state index in [0.29, 0.717) is 31.1 Å². The third-order valence-electron chi connectivity index (χ3n) is 5.23. The third-order valence-corrected chi connectivity index (χ3v) is 5.23. The lowest BCUT2D eigenvalue weighted by atomic mass is 9.95. The minimum atomic E-state index is -0.225. The van der Waals surface area contributed by atoms with Gasteiger partial charge in [-0.2, -0.15) is 4.98 Å². The normalized spacial score (nSPS) is 16.1. The standard InChI is InChI=1S/C21H25N5O3/c1-13(2)21-24-17(29-25-21)8-9-18(27)26-11-10-16-19(23-12-22-16)20(26)14-4-6-15(28-3)7-5-14/h4-7,12-13,20H,8-11H2,1-3H3,(H,22,23)/t20-/m1/s1. The summed E-state index contributed by atoms with van der Waals surface area (Å²) in [6, 6.07) is 7.56. The Balaban J connectivity index is 1.54. The lowest BCUT2D eigenvalue weighted by molar-refractivity contribution is -0.133. The molecule has 0 aliphatic carbocycles. The average Bonchev–Trinajstić information content (AvgIpc) is 3.41. The Labute approximate surface area is 169 Å². The van der Waals surface area contributed by atoms with Crippen molar-refractivity contribution < 1.29 is 14.1 Å². The van der Waals surface area contributed by atoms with E-state index in [2.05, 4.69) is 20.1 Å². The Bertz CT molecular complexity index is 976. The maximum Gasteiger partial charge on any atom is 0.227 e. The van der Waals surface area contributed by atoms with E-state index in [-0.39, 0.29) is 17.9 Å². The number of aromatic nitrogens is 4. The van der Waals surface area contributed by atoms with Gasteiger partial charge in [0.05, 0.1) is 19.1 Å². The van der Waals surface area contributed by atoms with E-state index in [1.807, 2.05) is 43.0 Å². The maximum atomic E-state index is 13.1. The number of H-pyrrole nitrogens is 1. The van der Waals surface area contributed by atoms with Gasteiger partial charge in [-0.25, -0.2) is 4.98 Å². The van der Waals surface area contributed by atoms with Crippen LogP contribution >= 0.6 is 0 Å². The smallest absolute Gasteiger partial charge is 0.227 e. The molecule has 1 aromatic carbocycles. The molecular weight excluding hydrogens is 370 g/mol. The number of nitrogens with one attached hydrogen (secondary N) is 1. The van der Waals surface area contributed by atoms with Gasteiger partial charge in [0.15, 0.2) is 5.82 Å². The van der Waals surface area contributed by atoms with Gasteiger partial charge in [0.1, 0.15) is 11.8 Å². The second kappa shape index (κ2) is 8.06. The molecule has 152 valence electrons. The van der Waals surface area contributed by atoms with E-state index in [1.54, 1.807) is 13.4 Å². The molecule has 1 aliphatic heterocycles. The number of hydrogen-bond donors (Lipinski definition) is 1. The van der Waals surface area contributed by atoms with E-state index in [1.165, 1.54) is 0 Å². The first-order valence-electron chi connectivity index (χ1n) is 9.85. The summed E-state index contributed by atoms with van der Waals surface area (Å²) in [6.45, 7) is 4.65. The fourth-order valence-corrected chi connectivity index (χ4v) is 3.63. The molecule has 1 atom stereocenters. The van der Waals surface area contributed by atoms with Crippen molar-refractivity contribution in [3.63, 3.8) is 0 Å². The van der Waals surface area contributed by atoms with Crippen LogP contribution < -0.4 is 4.74 Å². The van der Waals surface area contributed by atoms with Gasteiger partial charge >= 0.3 is 0 Å². The Kier molecular flexibility index (Phi) is 5.33. The number of amides is 1. The summed E-state index contributed by atoms with van der Waals surface area (Å²) in [5.41, 5.74) is 2.98. The number of carbonyl (C=O) groups is 1. The molecule has 0 fully saturated rings. The minimum absolute atomic E-state index is 0.0452. The molecule has 0 saturated carbocycles. The molecule has 0 spiro atoms. The second-order valence-corrected chi connectivity index (χ2v) is 7.48. The highest BCUT2D eigenvalue weighted by molar-refractivity contribution is 5.77. The molecule has 8 heteroatoms. The second-order valence-electron chi connectivity index (χ2n) is 7.48. The fraction of sp³-hybridized carbons (Fsp3) is 0.429. The van der Waals surface area contributed by atoms with Gasteiger partial charge in [0.25, 0.3) is 0 Å². The summed E-state index contributed by atoms with van der Waals surface area (Å²) >= 11 is 0. The van der Waals surface area contributed by atoms with Gasteiger partial charge in [0.2, 0.25) is 11.8 Å². The van der Waals surface area contributed by atoms with E-state index >= 15 is 0 Å². The number of carbonyl (C=O) groups excluding carboxylic acids is 1. The maximum absolute atomic E-state index is 13.1. The summed E-state index contributed by atoms with van der Waals surface area (Å²) in [5.74, 6) is 2.19. The van der Waals surface area contributed by atoms with Crippen molar-refractivity contribution >= 4 is 5.91 Å². The number of aryl methyl sites for hydroxylation is 1. The zero-order valence-corrected chi connectivity index (χ0v) is 16.9. The van der Waals surface area contributed by atoms with Crippen molar-refractivity contribution in [2.75, 3.05) is 13.7 Å². The van der Waals surface area contributed by atoms with Crippen LogP contribution in [0.25, 0.3) is 0 Å². The van der Waals surface area contributed by atoms with Gasteiger partial charge in [0, 0.05) is 37.4 Å². The number of benzene rings is 1. The quantitative estimate of drug-likeness (QED) is 0.689. The van der Waals surface area contributed by atoms with Gasteiger partial charge < -0.3 is 19.1 Å². The number of rotatable bonds is 6. The van der Waals surface area contributed by atoms with Crippen molar-refractivity contribution in [2.24, 2.45) is 0 Å². The first-order chi connectivity index (χ1) is 14.1. The minimum Gasteiger partial charge on any atom is -0.497 e.